The lowest BCUT2D eigenvalue weighted by Gasteiger charge is -2.24. The van der Waals surface area contributed by atoms with Gasteiger partial charge in [-0.15, -0.1) is 0 Å². The minimum atomic E-state index is -2.91. The van der Waals surface area contributed by atoms with E-state index in [1.54, 1.807) is 0 Å². The van der Waals surface area contributed by atoms with Gasteiger partial charge in [0.2, 0.25) is 4.66 Å². The second-order valence-electron chi connectivity index (χ2n) is 1.50. The van der Waals surface area contributed by atoms with Crippen LogP contribution < -0.4 is 0 Å². The first-order valence-corrected chi connectivity index (χ1v) is 10.6. The lowest BCUT2D eigenvalue weighted by atomic mass is 11.7. The Labute approximate surface area is 136 Å². The molecule has 0 aromatic heterocycles. The number of halogens is 7. The van der Waals surface area contributed by atoms with Crippen molar-refractivity contribution in [3.63, 3.8) is 0 Å². The van der Waals surface area contributed by atoms with Gasteiger partial charge in [-0.25, -0.2) is 0 Å². The third kappa shape index (κ3) is 12.0. The predicted octanol–water partition coefficient (Wildman–Crippen LogP) is 6.07. The first-order valence-electron chi connectivity index (χ1n) is 2.26. The highest BCUT2D eigenvalue weighted by molar-refractivity contribution is 9.39. The van der Waals surface area contributed by atoms with Gasteiger partial charge in [0, 0.05) is 0 Å². The molecule has 2 nitrogen and oxygen atoms in total. The van der Waals surface area contributed by atoms with Gasteiger partial charge in [-0.1, -0.05) is 0 Å². The van der Waals surface area contributed by atoms with Crippen molar-refractivity contribution in [2.45, 2.75) is 4.66 Å². The quantitative estimate of drug-likeness (QED) is 0.272. The molecule has 0 aliphatic rings. The molecule has 0 aromatic rings. The first-order chi connectivity index (χ1) is 5.41. The molecule has 0 fully saturated rings. The Morgan fingerprint density at radius 1 is 0.923 bits per heavy atom. The lowest BCUT2D eigenvalue weighted by Crippen LogP contribution is -2.08. The second-order valence-corrected chi connectivity index (χ2v) is 19.2. The van der Waals surface area contributed by atoms with Gasteiger partial charge in [-0.2, -0.15) is 0 Å². The summed E-state index contributed by atoms with van der Waals surface area (Å²) in [7, 11) is 0. The van der Waals surface area contributed by atoms with Crippen LogP contribution in [0.3, 0.4) is 0 Å². The van der Waals surface area contributed by atoms with Gasteiger partial charge in [0.1, 0.15) is 0 Å². The van der Waals surface area contributed by atoms with Crippen molar-refractivity contribution < 1.29 is 9.05 Å². The highest BCUT2D eigenvalue weighted by Gasteiger charge is 2.35. The Bertz CT molecular complexity index is 204. The summed E-state index contributed by atoms with van der Waals surface area (Å²) < 4.78 is 8.29. The van der Waals surface area contributed by atoms with Gasteiger partial charge in [-0.05, 0) is 119 Å². The summed E-state index contributed by atoms with van der Waals surface area (Å²) in [5.74, 6) is -2.91. The van der Waals surface area contributed by atoms with Crippen molar-refractivity contribution in [3.8, 4) is 0 Å². The topological polar surface area (TPSA) is 18.5 Å². The zero-order chi connectivity index (χ0) is 10.9. The molecule has 80 valence electrons. The van der Waals surface area contributed by atoms with E-state index in [2.05, 4.69) is 95.6 Å². The fraction of sp³-hybridized carbons (Fsp3) is 1.00. The molecule has 0 amide bonds. The molecule has 0 atom stereocenters. The maximum Gasteiger partial charge on any atom is 0.287 e. The van der Waals surface area contributed by atoms with E-state index in [1.165, 1.54) is 0 Å². The summed E-state index contributed by atoms with van der Waals surface area (Å²) in [6.45, 7) is 0. The molecule has 0 saturated carbocycles. The summed E-state index contributed by atoms with van der Waals surface area (Å²) in [6, 6.07) is 0. The summed E-state index contributed by atoms with van der Waals surface area (Å²) in [6.07, 6.45) is 0. The smallest absolute Gasteiger partial charge is 0.278 e. The van der Waals surface area contributed by atoms with E-state index in [0.717, 1.165) is 0 Å². The molecule has 0 N–H and O–H groups in total. The highest BCUT2D eigenvalue weighted by Crippen LogP contribution is 2.65. The first kappa shape index (κ1) is 16.7. The fourth-order valence-electron chi connectivity index (χ4n) is 0.266. The average Bonchev–Trinajstić information content (AvgIpc) is 1.43. The molecule has 0 aliphatic heterocycles. The minimum Gasteiger partial charge on any atom is -0.278 e. The van der Waals surface area contributed by atoms with E-state index in [0.29, 0.717) is 0 Å². The molecule has 0 radical (unpaired) electrons. The summed E-state index contributed by atoms with van der Waals surface area (Å²) in [4.78, 5) is 0. The standard InChI is InChI=1S/C2Br6ClO2PS/c3-1(4,5)10-12(9,13)11-2(6,7)8. The van der Waals surface area contributed by atoms with Gasteiger partial charge >= 0.3 is 0 Å². The fourth-order valence-corrected chi connectivity index (χ4v) is 8.98. The highest BCUT2D eigenvalue weighted by atomic mass is 80.0. The van der Waals surface area contributed by atoms with Crippen LogP contribution in [0.15, 0.2) is 0 Å². The van der Waals surface area contributed by atoms with Gasteiger partial charge in [-0.3, -0.25) is 9.05 Å². The van der Waals surface area contributed by atoms with Crippen LogP contribution in [-0.4, -0.2) is 4.66 Å². The molecule has 0 aliphatic carbocycles. The van der Waals surface area contributed by atoms with E-state index < -0.39 is 10.5 Å². The molecule has 0 aromatic carbocycles. The normalized spacial score (nSPS) is 14.7. The average molecular weight is 634 g/mol. The van der Waals surface area contributed by atoms with Crippen molar-refractivity contribution in [1.29, 1.82) is 0 Å². The third-order valence-electron chi connectivity index (χ3n) is 0.425. The molecule has 0 rings (SSSR count). The van der Waals surface area contributed by atoms with Crippen LogP contribution in [0.1, 0.15) is 0 Å². The van der Waals surface area contributed by atoms with Gasteiger partial charge < -0.3 is 0 Å². The summed E-state index contributed by atoms with van der Waals surface area (Å²) in [5.41, 5.74) is 0. The second kappa shape index (κ2) is 6.07. The predicted molar refractivity (Wildman–Crippen MR) is 81.3 cm³/mol. The number of hydrogen-bond donors (Lipinski definition) is 0. The number of alkyl halides is 6. The zero-order valence-corrected chi connectivity index (χ0v) is 17.3. The number of rotatable bonds is 2. The largest absolute Gasteiger partial charge is 0.287 e. The third-order valence-corrected chi connectivity index (χ3v) is 4.74. The zero-order valence-electron chi connectivity index (χ0n) is 5.32. The van der Waals surface area contributed by atoms with Crippen LogP contribution >= 0.6 is 113 Å². The number of hydrogen-bond acceptors (Lipinski definition) is 3. The molecule has 13 heavy (non-hydrogen) atoms. The Morgan fingerprint density at radius 3 is 1.31 bits per heavy atom. The Kier molecular flexibility index (Phi) is 7.81. The van der Waals surface area contributed by atoms with E-state index in [9.17, 15) is 0 Å². The summed E-state index contributed by atoms with van der Waals surface area (Å²) >= 11 is 29.2. The van der Waals surface area contributed by atoms with E-state index in [1.807, 2.05) is 0 Å². The van der Waals surface area contributed by atoms with Crippen LogP contribution in [0, 0.1) is 0 Å². The molecule has 0 heterocycles. The van der Waals surface area contributed by atoms with Crippen molar-refractivity contribution in [2.24, 2.45) is 0 Å². The van der Waals surface area contributed by atoms with Crippen LogP contribution in [-0.2, 0) is 20.9 Å². The monoisotopic (exact) mass is 627 g/mol. The van der Waals surface area contributed by atoms with Crippen LogP contribution in [0.5, 0.6) is 0 Å². The Balaban J connectivity index is 4.35. The Hall–Kier alpha value is 3.74. The Morgan fingerprint density at radius 2 is 1.15 bits per heavy atom. The minimum absolute atomic E-state index is 0.984. The summed E-state index contributed by atoms with van der Waals surface area (Å²) in [5, 5.41) is 0. The molecular formula is C2Br6ClO2PS. The van der Waals surface area contributed by atoms with Crippen molar-refractivity contribution in [3.05, 3.63) is 0 Å². The van der Waals surface area contributed by atoms with E-state index >= 15 is 0 Å². The molecular weight excluding hydrogens is 634 g/mol. The maximum absolute atomic E-state index is 5.81. The van der Waals surface area contributed by atoms with E-state index in [4.69, 9.17) is 32.1 Å². The molecule has 0 spiro atoms. The van der Waals surface area contributed by atoms with Gasteiger partial charge in [0.15, 0.2) is 0 Å². The van der Waals surface area contributed by atoms with Crippen molar-refractivity contribution in [1.82, 2.24) is 0 Å². The molecule has 11 heteroatoms. The maximum atomic E-state index is 5.81. The van der Waals surface area contributed by atoms with Gasteiger partial charge in [0.05, 0.1) is 0 Å². The van der Waals surface area contributed by atoms with Crippen LogP contribution in [0.25, 0.3) is 0 Å². The molecule has 0 saturated heterocycles. The SMILES string of the molecule is S=P(Cl)(OC(Br)(Br)Br)OC(Br)(Br)Br. The van der Waals surface area contributed by atoms with Crippen molar-refractivity contribution >= 4 is 124 Å². The lowest BCUT2D eigenvalue weighted by molar-refractivity contribution is 0.294. The van der Waals surface area contributed by atoms with Crippen LogP contribution in [0.4, 0.5) is 0 Å². The van der Waals surface area contributed by atoms with E-state index in [-0.39, 0.29) is 0 Å². The molecule has 0 unspecified atom stereocenters. The molecule has 0 bridgehead atoms. The van der Waals surface area contributed by atoms with Gasteiger partial charge in [0.25, 0.3) is 5.84 Å². The van der Waals surface area contributed by atoms with Crippen LogP contribution in [0.2, 0.25) is 0 Å². The van der Waals surface area contributed by atoms with Crippen molar-refractivity contribution in [2.75, 3.05) is 0 Å².